The summed E-state index contributed by atoms with van der Waals surface area (Å²) in [7, 11) is 1.66. The van der Waals surface area contributed by atoms with E-state index in [4.69, 9.17) is 4.74 Å². The van der Waals surface area contributed by atoms with Gasteiger partial charge in [-0.15, -0.1) is 0 Å². The number of carbonyl (C=O) groups is 1. The minimum absolute atomic E-state index is 0.0646. The average Bonchev–Trinajstić information content (AvgIpc) is 3.15. The van der Waals surface area contributed by atoms with Gasteiger partial charge in [-0.25, -0.2) is 4.79 Å². The summed E-state index contributed by atoms with van der Waals surface area (Å²) in [5, 5.41) is 6.74. The molecule has 32 heavy (non-hydrogen) atoms. The Balaban J connectivity index is 1.63. The van der Waals surface area contributed by atoms with Gasteiger partial charge in [0.25, 0.3) is 0 Å². The van der Waals surface area contributed by atoms with Crippen molar-refractivity contribution in [1.82, 2.24) is 20.5 Å². The van der Waals surface area contributed by atoms with Crippen LogP contribution in [-0.4, -0.2) is 36.1 Å². The first kappa shape index (κ1) is 21.8. The van der Waals surface area contributed by atoms with Crippen LogP contribution in [0, 0.1) is 13.8 Å². The topological polar surface area (TPSA) is 66.5 Å². The molecule has 6 nitrogen and oxygen atoms in total. The number of urea groups is 1. The zero-order valence-electron chi connectivity index (χ0n) is 18.9. The number of nitrogens with zero attached hydrogens (tertiary/aromatic N) is 2. The molecule has 2 N–H and O–H groups in total. The van der Waals surface area contributed by atoms with E-state index in [0.29, 0.717) is 19.6 Å². The van der Waals surface area contributed by atoms with Crippen molar-refractivity contribution in [3.8, 4) is 5.75 Å². The Morgan fingerprint density at radius 3 is 2.59 bits per heavy atom. The zero-order valence-corrected chi connectivity index (χ0v) is 18.9. The number of pyridine rings is 1. The van der Waals surface area contributed by atoms with Crippen LogP contribution >= 0.6 is 0 Å². The summed E-state index contributed by atoms with van der Waals surface area (Å²) in [4.78, 5) is 19.4. The van der Waals surface area contributed by atoms with Crippen molar-refractivity contribution < 1.29 is 9.53 Å². The fourth-order valence-corrected chi connectivity index (χ4v) is 4.15. The molecule has 1 saturated heterocycles. The minimum atomic E-state index is -0.653. The molecule has 1 aromatic heterocycles. The Labute approximate surface area is 189 Å². The number of rotatable bonds is 8. The van der Waals surface area contributed by atoms with Gasteiger partial charge in [0.05, 0.1) is 19.3 Å². The molecule has 0 aliphatic carbocycles. The summed E-state index contributed by atoms with van der Waals surface area (Å²) in [6.45, 7) is 5.84. The second-order valence-corrected chi connectivity index (χ2v) is 8.24. The third kappa shape index (κ3) is 4.46. The number of aryl methyl sites for hydroxylation is 2. The third-order valence-electron chi connectivity index (χ3n) is 6.26. The molecule has 0 saturated carbocycles. The molecule has 0 radical (unpaired) electrons. The van der Waals surface area contributed by atoms with Crippen molar-refractivity contribution in [3.63, 3.8) is 0 Å². The van der Waals surface area contributed by atoms with Crippen LogP contribution in [0.1, 0.15) is 27.9 Å². The van der Waals surface area contributed by atoms with Crippen LogP contribution < -0.4 is 15.4 Å². The number of benzene rings is 2. The summed E-state index contributed by atoms with van der Waals surface area (Å²) in [5.74, 6) is 0.828. The summed E-state index contributed by atoms with van der Waals surface area (Å²) < 4.78 is 5.26. The highest BCUT2D eigenvalue weighted by atomic mass is 16.5. The minimum Gasteiger partial charge on any atom is -0.497 e. The van der Waals surface area contributed by atoms with E-state index >= 15 is 0 Å². The smallest absolute Gasteiger partial charge is 0.319 e. The fourth-order valence-electron chi connectivity index (χ4n) is 4.15. The van der Waals surface area contributed by atoms with Crippen molar-refractivity contribution in [2.45, 2.75) is 32.5 Å². The highest BCUT2D eigenvalue weighted by Gasteiger charge is 2.46. The largest absolute Gasteiger partial charge is 0.497 e. The molecule has 0 spiro atoms. The van der Waals surface area contributed by atoms with E-state index < -0.39 is 5.66 Å². The first-order chi connectivity index (χ1) is 15.5. The number of aromatic nitrogens is 1. The molecular formula is C26H30N4O2. The maximum Gasteiger partial charge on any atom is 0.319 e. The van der Waals surface area contributed by atoms with E-state index in [0.717, 1.165) is 29.0 Å². The van der Waals surface area contributed by atoms with Crippen molar-refractivity contribution >= 4 is 6.03 Å². The van der Waals surface area contributed by atoms with Crippen molar-refractivity contribution in [3.05, 3.63) is 94.8 Å². The van der Waals surface area contributed by atoms with Gasteiger partial charge >= 0.3 is 6.03 Å². The quantitative estimate of drug-likeness (QED) is 0.569. The number of methoxy groups -OCH3 is 1. The lowest BCUT2D eigenvalue weighted by Crippen LogP contribution is -2.55. The standard InChI is InChI=1S/C26H30N4O2/c1-19-7-10-22(16-20(19)2)26(29-17-23-6-4-5-14-27-23)18-28-25(31)30(26)15-13-21-8-11-24(32-3)12-9-21/h4-12,14,16,29H,13,15,17-18H2,1-3H3,(H,28,31). The maximum atomic E-state index is 13.0. The van der Waals surface area contributed by atoms with E-state index in [1.807, 2.05) is 47.4 Å². The number of carbonyl (C=O) groups excluding carboxylic acids is 1. The molecule has 3 aromatic rings. The summed E-state index contributed by atoms with van der Waals surface area (Å²) >= 11 is 0. The van der Waals surface area contributed by atoms with E-state index in [2.05, 4.69) is 47.7 Å². The van der Waals surface area contributed by atoms with E-state index in [1.165, 1.54) is 11.1 Å². The van der Waals surface area contributed by atoms with Gasteiger partial charge < -0.3 is 15.0 Å². The normalized spacial score (nSPS) is 18.0. The van der Waals surface area contributed by atoms with Crippen LogP contribution in [-0.2, 0) is 18.6 Å². The lowest BCUT2D eigenvalue weighted by atomic mass is 9.94. The van der Waals surface area contributed by atoms with Gasteiger partial charge in [0.2, 0.25) is 0 Å². The zero-order chi connectivity index (χ0) is 22.6. The van der Waals surface area contributed by atoms with E-state index in [1.54, 1.807) is 13.3 Å². The van der Waals surface area contributed by atoms with Crippen LogP contribution in [0.15, 0.2) is 66.9 Å². The van der Waals surface area contributed by atoms with Crippen LogP contribution in [0.5, 0.6) is 5.75 Å². The van der Waals surface area contributed by atoms with Crippen LogP contribution in [0.3, 0.4) is 0 Å². The highest BCUT2D eigenvalue weighted by molar-refractivity contribution is 5.78. The summed E-state index contributed by atoms with van der Waals surface area (Å²) in [5.41, 5.74) is 4.95. The van der Waals surface area contributed by atoms with Crippen molar-refractivity contribution in [1.29, 1.82) is 0 Å². The Morgan fingerprint density at radius 2 is 1.91 bits per heavy atom. The predicted molar refractivity (Wildman–Crippen MR) is 125 cm³/mol. The molecule has 1 aliphatic heterocycles. The maximum absolute atomic E-state index is 13.0. The Morgan fingerprint density at radius 1 is 1.09 bits per heavy atom. The molecule has 2 aromatic carbocycles. The number of ether oxygens (including phenoxy) is 1. The number of hydrogen-bond donors (Lipinski definition) is 2. The van der Waals surface area contributed by atoms with E-state index in [9.17, 15) is 4.79 Å². The SMILES string of the molecule is COc1ccc(CCN2C(=O)NCC2(NCc2ccccn2)c2ccc(C)c(C)c2)cc1. The van der Waals surface area contributed by atoms with Gasteiger partial charge in [0, 0.05) is 19.3 Å². The average molecular weight is 431 g/mol. The molecule has 166 valence electrons. The molecule has 0 bridgehead atoms. The third-order valence-corrected chi connectivity index (χ3v) is 6.26. The highest BCUT2D eigenvalue weighted by Crippen LogP contribution is 2.32. The Kier molecular flexibility index (Phi) is 6.42. The van der Waals surface area contributed by atoms with Gasteiger partial charge in [-0.2, -0.15) is 0 Å². The molecule has 2 amide bonds. The number of hydrogen-bond acceptors (Lipinski definition) is 4. The molecule has 4 rings (SSSR count). The molecule has 1 unspecified atom stereocenters. The fraction of sp³-hybridized carbons (Fsp3) is 0.308. The lowest BCUT2D eigenvalue weighted by Gasteiger charge is -2.39. The van der Waals surface area contributed by atoms with Gasteiger partial charge in [-0.05, 0) is 66.8 Å². The van der Waals surface area contributed by atoms with Gasteiger partial charge in [-0.3, -0.25) is 10.3 Å². The number of nitrogens with one attached hydrogen (secondary N) is 2. The molecule has 1 aliphatic rings. The van der Waals surface area contributed by atoms with Crippen LogP contribution in [0.2, 0.25) is 0 Å². The second-order valence-electron chi connectivity index (χ2n) is 8.24. The van der Waals surface area contributed by atoms with Gasteiger partial charge in [0.15, 0.2) is 0 Å². The monoisotopic (exact) mass is 430 g/mol. The number of amides is 2. The molecule has 1 atom stereocenters. The Bertz CT molecular complexity index is 1070. The van der Waals surface area contributed by atoms with Crippen molar-refractivity contribution in [2.75, 3.05) is 20.2 Å². The lowest BCUT2D eigenvalue weighted by molar-refractivity contribution is 0.123. The summed E-state index contributed by atoms with van der Waals surface area (Å²) in [6.07, 6.45) is 2.54. The summed E-state index contributed by atoms with van der Waals surface area (Å²) in [6, 6.07) is 20.2. The van der Waals surface area contributed by atoms with Gasteiger partial charge in [-0.1, -0.05) is 36.4 Å². The van der Waals surface area contributed by atoms with Crippen LogP contribution in [0.25, 0.3) is 0 Å². The molecule has 2 heterocycles. The van der Waals surface area contributed by atoms with Crippen molar-refractivity contribution in [2.24, 2.45) is 0 Å². The molecule has 1 fully saturated rings. The van der Waals surface area contributed by atoms with Crippen LogP contribution in [0.4, 0.5) is 4.79 Å². The molecule has 6 heteroatoms. The Hall–Kier alpha value is -3.38. The first-order valence-electron chi connectivity index (χ1n) is 10.9. The van der Waals surface area contributed by atoms with Gasteiger partial charge in [0.1, 0.15) is 11.4 Å². The molecular weight excluding hydrogens is 400 g/mol. The van der Waals surface area contributed by atoms with E-state index in [-0.39, 0.29) is 6.03 Å². The second kappa shape index (κ2) is 9.40. The predicted octanol–water partition coefficient (Wildman–Crippen LogP) is 3.92. The first-order valence-corrected chi connectivity index (χ1v) is 10.9.